The molecule has 2 heterocycles. The topological polar surface area (TPSA) is 38.5 Å². The lowest BCUT2D eigenvalue weighted by Gasteiger charge is -2.48. The molecule has 0 saturated carbocycles. The van der Waals surface area contributed by atoms with Crippen molar-refractivity contribution in [2.24, 2.45) is 11.7 Å². The quantitative estimate of drug-likeness (QED) is 0.870. The molecule has 2 unspecified atom stereocenters. The molecule has 2 N–H and O–H groups in total. The molecule has 0 aromatic carbocycles. The van der Waals surface area contributed by atoms with E-state index in [-0.39, 0.29) is 5.54 Å². The molecule has 0 bridgehead atoms. The van der Waals surface area contributed by atoms with Crippen LogP contribution in [0, 0.1) is 5.92 Å². The third-order valence-electron chi connectivity index (χ3n) is 5.11. The van der Waals surface area contributed by atoms with Crippen LogP contribution in [0.15, 0.2) is 0 Å². The van der Waals surface area contributed by atoms with Gasteiger partial charge in [-0.15, -0.1) is 0 Å². The molecular formula is C16H32N2OS. The molecular weight excluding hydrogens is 268 g/mol. The summed E-state index contributed by atoms with van der Waals surface area (Å²) in [7, 11) is 0. The van der Waals surface area contributed by atoms with E-state index in [1.807, 2.05) is 0 Å². The predicted octanol–water partition coefficient (Wildman–Crippen LogP) is 2.74. The Morgan fingerprint density at radius 2 is 2.05 bits per heavy atom. The molecule has 2 saturated heterocycles. The molecule has 0 aliphatic carbocycles. The zero-order valence-electron chi connectivity index (χ0n) is 13.7. The van der Waals surface area contributed by atoms with Crippen LogP contribution in [0.1, 0.15) is 47.0 Å². The molecule has 2 fully saturated rings. The van der Waals surface area contributed by atoms with Crippen molar-refractivity contribution in [1.29, 1.82) is 0 Å². The lowest BCUT2D eigenvalue weighted by atomic mass is 9.81. The summed E-state index contributed by atoms with van der Waals surface area (Å²) in [5.41, 5.74) is 6.42. The molecule has 2 aliphatic heterocycles. The Balaban J connectivity index is 2.09. The van der Waals surface area contributed by atoms with E-state index in [0.29, 0.717) is 16.8 Å². The molecule has 2 rings (SSSR count). The molecule has 2 atom stereocenters. The van der Waals surface area contributed by atoms with Gasteiger partial charge in [0.25, 0.3) is 0 Å². The molecule has 0 amide bonds. The fourth-order valence-electron chi connectivity index (χ4n) is 3.46. The number of hydrogen-bond donors (Lipinski definition) is 1. The average Bonchev–Trinajstić information content (AvgIpc) is 2.60. The van der Waals surface area contributed by atoms with E-state index < -0.39 is 0 Å². The largest absolute Gasteiger partial charge is 0.378 e. The molecule has 20 heavy (non-hydrogen) atoms. The summed E-state index contributed by atoms with van der Waals surface area (Å²) in [5.74, 6) is 1.81. The summed E-state index contributed by atoms with van der Waals surface area (Å²) in [6, 6.07) is 0. The third-order valence-corrected chi connectivity index (χ3v) is 6.48. The van der Waals surface area contributed by atoms with E-state index in [0.717, 1.165) is 26.0 Å². The smallest absolute Gasteiger partial charge is 0.0616 e. The minimum absolute atomic E-state index is 0.175. The first kappa shape index (κ1) is 16.6. The van der Waals surface area contributed by atoms with E-state index in [9.17, 15) is 0 Å². The van der Waals surface area contributed by atoms with Gasteiger partial charge in [0.05, 0.1) is 6.10 Å². The molecule has 0 aromatic heterocycles. The van der Waals surface area contributed by atoms with Crippen LogP contribution in [0.25, 0.3) is 0 Å². The van der Waals surface area contributed by atoms with Crippen LogP contribution < -0.4 is 5.73 Å². The third kappa shape index (κ3) is 3.70. The maximum absolute atomic E-state index is 6.25. The van der Waals surface area contributed by atoms with Crippen LogP contribution in [0.3, 0.4) is 0 Å². The molecule has 3 nitrogen and oxygen atoms in total. The highest BCUT2D eigenvalue weighted by Gasteiger charge is 2.42. The summed E-state index contributed by atoms with van der Waals surface area (Å²) in [5, 5.41) is 0. The summed E-state index contributed by atoms with van der Waals surface area (Å²) in [4.78, 5) is 2.69. The fraction of sp³-hybridized carbons (Fsp3) is 1.00. The Labute approximate surface area is 129 Å². The van der Waals surface area contributed by atoms with Gasteiger partial charge < -0.3 is 10.5 Å². The van der Waals surface area contributed by atoms with Crippen LogP contribution in [0.5, 0.6) is 0 Å². The highest BCUT2D eigenvalue weighted by Crippen LogP contribution is 2.37. The van der Waals surface area contributed by atoms with E-state index in [2.05, 4.69) is 44.4 Å². The molecule has 0 radical (unpaired) electrons. The predicted molar refractivity (Wildman–Crippen MR) is 88.3 cm³/mol. The van der Waals surface area contributed by atoms with Gasteiger partial charge in [0, 0.05) is 42.3 Å². The highest BCUT2D eigenvalue weighted by atomic mass is 32.2. The second-order valence-electron chi connectivity index (χ2n) is 7.38. The van der Waals surface area contributed by atoms with Gasteiger partial charge in [-0.25, -0.2) is 0 Å². The Bertz CT molecular complexity index is 322. The molecule has 0 aromatic rings. The first-order chi connectivity index (χ1) is 9.38. The zero-order chi connectivity index (χ0) is 14.8. The first-order valence-electron chi connectivity index (χ1n) is 8.09. The molecule has 0 spiro atoms. The standard InChI is InChI=1S/C16H32N2OS/c1-13(2)14-11-16(12-17,6-9-19-14)18-7-5-15(3,4)20-10-8-18/h13-14H,5-12,17H2,1-4H3. The van der Waals surface area contributed by atoms with Crippen LogP contribution in [0.4, 0.5) is 0 Å². The van der Waals surface area contributed by atoms with E-state index in [4.69, 9.17) is 10.5 Å². The zero-order valence-corrected chi connectivity index (χ0v) is 14.5. The number of hydrogen-bond acceptors (Lipinski definition) is 4. The maximum Gasteiger partial charge on any atom is 0.0616 e. The lowest BCUT2D eigenvalue weighted by molar-refractivity contribution is -0.0863. The minimum Gasteiger partial charge on any atom is -0.378 e. The number of nitrogens with zero attached hydrogens (tertiary/aromatic N) is 1. The summed E-state index contributed by atoms with van der Waals surface area (Å²) in [6.45, 7) is 13.3. The van der Waals surface area contributed by atoms with Crippen molar-refractivity contribution >= 4 is 11.8 Å². The van der Waals surface area contributed by atoms with Gasteiger partial charge in [-0.05, 0) is 25.2 Å². The number of thioether (sulfide) groups is 1. The van der Waals surface area contributed by atoms with Crippen molar-refractivity contribution in [3.05, 3.63) is 0 Å². The minimum atomic E-state index is 0.175. The van der Waals surface area contributed by atoms with Gasteiger partial charge in [0.2, 0.25) is 0 Å². The van der Waals surface area contributed by atoms with Gasteiger partial charge in [-0.3, -0.25) is 4.90 Å². The Hall–Kier alpha value is 0.230. The van der Waals surface area contributed by atoms with Crippen LogP contribution in [-0.2, 0) is 4.74 Å². The number of rotatable bonds is 3. The first-order valence-corrected chi connectivity index (χ1v) is 9.08. The Morgan fingerprint density at radius 3 is 2.70 bits per heavy atom. The monoisotopic (exact) mass is 300 g/mol. The van der Waals surface area contributed by atoms with Crippen LogP contribution in [0.2, 0.25) is 0 Å². The molecule has 118 valence electrons. The van der Waals surface area contributed by atoms with E-state index >= 15 is 0 Å². The van der Waals surface area contributed by atoms with Crippen molar-refractivity contribution in [2.45, 2.75) is 63.3 Å². The van der Waals surface area contributed by atoms with Crippen LogP contribution in [-0.4, -0.2) is 53.3 Å². The van der Waals surface area contributed by atoms with Crippen molar-refractivity contribution in [3.8, 4) is 0 Å². The second kappa shape index (κ2) is 6.55. The van der Waals surface area contributed by atoms with Gasteiger partial charge in [0.1, 0.15) is 0 Å². The van der Waals surface area contributed by atoms with Gasteiger partial charge >= 0.3 is 0 Å². The Kier molecular flexibility index (Phi) is 5.44. The second-order valence-corrected chi connectivity index (χ2v) is 9.18. The number of nitrogens with two attached hydrogens (primary N) is 1. The molecule has 2 aliphatic rings. The normalized spacial score (nSPS) is 36.0. The van der Waals surface area contributed by atoms with E-state index in [1.54, 1.807) is 0 Å². The van der Waals surface area contributed by atoms with Gasteiger partial charge in [-0.1, -0.05) is 27.7 Å². The fourth-order valence-corrected chi connectivity index (χ4v) is 4.56. The van der Waals surface area contributed by atoms with Gasteiger partial charge in [-0.2, -0.15) is 11.8 Å². The highest BCUT2D eigenvalue weighted by molar-refractivity contribution is 8.00. The molecule has 4 heteroatoms. The summed E-state index contributed by atoms with van der Waals surface area (Å²) in [6.07, 6.45) is 3.83. The maximum atomic E-state index is 6.25. The summed E-state index contributed by atoms with van der Waals surface area (Å²) < 4.78 is 6.38. The van der Waals surface area contributed by atoms with Crippen molar-refractivity contribution in [2.75, 3.05) is 32.0 Å². The van der Waals surface area contributed by atoms with Crippen molar-refractivity contribution in [1.82, 2.24) is 4.90 Å². The lowest BCUT2D eigenvalue weighted by Crippen LogP contribution is -2.59. The Morgan fingerprint density at radius 1 is 1.30 bits per heavy atom. The van der Waals surface area contributed by atoms with Crippen molar-refractivity contribution < 1.29 is 4.74 Å². The van der Waals surface area contributed by atoms with Crippen LogP contribution >= 0.6 is 11.8 Å². The van der Waals surface area contributed by atoms with Gasteiger partial charge in [0.15, 0.2) is 0 Å². The average molecular weight is 301 g/mol. The van der Waals surface area contributed by atoms with E-state index in [1.165, 1.54) is 25.3 Å². The SMILES string of the molecule is CC(C)C1CC(CN)(N2CCSC(C)(C)CC2)CCO1. The van der Waals surface area contributed by atoms with Crippen molar-refractivity contribution in [3.63, 3.8) is 0 Å². The number of ether oxygens (including phenoxy) is 1. The summed E-state index contributed by atoms with van der Waals surface area (Å²) >= 11 is 2.11.